The Morgan fingerprint density at radius 2 is 0.573 bits per heavy atom. The first-order chi connectivity index (χ1) is 42.0. The number of Topliss-reactive ketones (excluding diaryl/α,β-unsaturated/α-hetero) is 2. The van der Waals surface area contributed by atoms with Crippen LogP contribution in [0.5, 0.6) is 11.5 Å². The first-order valence-electron chi connectivity index (χ1n) is 29.7. The molecule has 6 aromatic carbocycles. The van der Waals surface area contributed by atoms with Gasteiger partial charge in [-0.2, -0.15) is 23.3 Å². The first-order valence-corrected chi connectivity index (χ1v) is 32.1. The summed E-state index contributed by atoms with van der Waals surface area (Å²) >= 11 is 0. The van der Waals surface area contributed by atoms with E-state index >= 15 is 0 Å². The van der Waals surface area contributed by atoms with E-state index in [1.165, 1.54) is 0 Å². The minimum atomic E-state index is -1.35. The number of carbonyl (C=O) groups excluding carboxylic acids is 2. The number of aromatic nitrogens is 4. The smallest absolute Gasteiger partial charge is 0.494 e. The SMILES string of the molecule is CC(C)(C)c1[c-]c(-c2[c-]c(C(C)(C)C)cc(C(C)(C)C)c2OP(n2cccc2)n2cccc2)c(OP(n2cccc2)n2cccc2)c(C(C)(C)C)c1.O=C([CH][CH]c1ccccc1)[CH][CH]c1ccccc1.O=C([CH][CH]c1ccccc1)[CH][CH]c1ccccc1.[Pd+2]. The van der Waals surface area contributed by atoms with Crippen LogP contribution in [0.3, 0.4) is 0 Å². The second-order valence-electron chi connectivity index (χ2n) is 25.3. The first kappa shape index (κ1) is 69.4. The largest absolute Gasteiger partial charge is 2.00 e. The normalized spacial score (nSPS) is 11.7. The van der Waals surface area contributed by atoms with Gasteiger partial charge in [0, 0.05) is 112 Å². The van der Waals surface area contributed by atoms with Crippen molar-refractivity contribution in [2.24, 2.45) is 0 Å². The van der Waals surface area contributed by atoms with Crippen molar-refractivity contribution >= 4 is 28.5 Å². The average molecular weight is 1310 g/mol. The van der Waals surface area contributed by atoms with Crippen LogP contribution in [0, 0.1) is 63.5 Å². The zero-order chi connectivity index (χ0) is 62.9. The second kappa shape index (κ2) is 32.1. The Hall–Kier alpha value is -7.10. The van der Waals surface area contributed by atoms with Crippen molar-refractivity contribution in [1.82, 2.24) is 17.4 Å². The van der Waals surface area contributed by atoms with Crippen LogP contribution in [0.4, 0.5) is 0 Å². The van der Waals surface area contributed by atoms with Gasteiger partial charge in [0.2, 0.25) is 0 Å². The molecule has 10 rings (SSSR count). The molecule has 0 aliphatic rings. The van der Waals surface area contributed by atoms with Crippen molar-refractivity contribution in [3.05, 3.63) is 340 Å². The van der Waals surface area contributed by atoms with Gasteiger partial charge in [-0.15, -0.1) is 23.3 Å². The van der Waals surface area contributed by atoms with Crippen molar-refractivity contribution in [3.8, 4) is 22.6 Å². The molecular formula is C78H82N4O4P2Pd. The third-order valence-corrected chi connectivity index (χ3v) is 17.3. The molecule has 8 radical (unpaired) electrons. The predicted octanol–water partition coefficient (Wildman–Crippen LogP) is 19.7. The third-order valence-electron chi connectivity index (χ3n) is 14.0. The molecular weight excluding hydrogens is 1230 g/mol. The second-order valence-corrected chi connectivity index (χ2v) is 28.5. The van der Waals surface area contributed by atoms with Crippen molar-refractivity contribution < 1.29 is 39.1 Å². The molecule has 10 aromatic rings. The van der Waals surface area contributed by atoms with E-state index in [1.807, 2.05) is 147 Å². The zero-order valence-corrected chi connectivity index (χ0v) is 56.5. The van der Waals surface area contributed by atoms with Crippen LogP contribution in [0.1, 0.15) is 128 Å². The summed E-state index contributed by atoms with van der Waals surface area (Å²) in [5.74, 6) is 1.57. The van der Waals surface area contributed by atoms with Gasteiger partial charge in [0.15, 0.2) is 0 Å². The Bertz CT molecular complexity index is 3290. The van der Waals surface area contributed by atoms with Gasteiger partial charge in [-0.3, -0.25) is 26.9 Å². The molecule has 8 nitrogen and oxygen atoms in total. The maximum atomic E-state index is 11.6. The van der Waals surface area contributed by atoms with Gasteiger partial charge in [0.05, 0.1) is 0 Å². The van der Waals surface area contributed by atoms with Gasteiger partial charge < -0.3 is 9.05 Å². The summed E-state index contributed by atoms with van der Waals surface area (Å²) < 4.78 is 23.5. The Balaban J connectivity index is 0.000000246. The number of benzene rings is 6. The van der Waals surface area contributed by atoms with Crippen LogP contribution >= 0.6 is 16.9 Å². The van der Waals surface area contributed by atoms with E-state index in [0.29, 0.717) is 0 Å². The molecule has 4 aromatic heterocycles. The molecule has 0 unspecified atom stereocenters. The Morgan fingerprint density at radius 1 is 0.348 bits per heavy atom. The number of ketones is 2. The molecule has 0 atom stereocenters. The summed E-state index contributed by atoms with van der Waals surface area (Å²) in [6.45, 7) is 27.1. The Labute approximate surface area is 548 Å². The minimum absolute atomic E-state index is 0. The van der Waals surface area contributed by atoms with Crippen LogP contribution in [0.2, 0.25) is 0 Å². The third kappa shape index (κ3) is 20.5. The summed E-state index contributed by atoms with van der Waals surface area (Å²) in [7, 11) is -2.71. The van der Waals surface area contributed by atoms with E-state index in [2.05, 4.69) is 223 Å². The summed E-state index contributed by atoms with van der Waals surface area (Å²) in [5, 5.41) is 0. The van der Waals surface area contributed by atoms with Gasteiger partial charge in [-0.1, -0.05) is 216 Å². The van der Waals surface area contributed by atoms with Crippen LogP contribution < -0.4 is 9.05 Å². The fraction of sp³-hybridized carbons (Fsp3) is 0.205. The Kier molecular flexibility index (Phi) is 25.0. The van der Waals surface area contributed by atoms with Gasteiger partial charge in [-0.25, -0.2) is 0 Å². The van der Waals surface area contributed by atoms with Crippen LogP contribution in [-0.2, 0) is 51.7 Å². The number of nitrogens with zero attached hydrogens (tertiary/aromatic N) is 4. The fourth-order valence-electron chi connectivity index (χ4n) is 9.04. The van der Waals surface area contributed by atoms with Crippen LogP contribution in [0.15, 0.2) is 232 Å². The molecule has 0 amide bonds. The average Bonchev–Trinajstić information content (AvgIpc) is 1.48. The molecule has 89 heavy (non-hydrogen) atoms. The molecule has 0 saturated heterocycles. The predicted molar refractivity (Wildman–Crippen MR) is 365 cm³/mol. The van der Waals surface area contributed by atoms with Crippen molar-refractivity contribution in [2.75, 3.05) is 0 Å². The quantitative estimate of drug-likeness (QED) is 0.0408. The fourth-order valence-corrected chi connectivity index (χ4v) is 12.1. The standard InChI is InChI=1S/C44H54N4O2P2.2C17H14O.Pd/c1-41(2,3)33-29-35(39(37(31-33)43(7,8)9)49-51(45-21-13-14-22-45)46-23-15-16-24-46)36-30-34(42(4,5)6)32-38(44(10,11)12)40(36)50-52(47-25-17-18-26-47)48-27-19-20-28-48;2*18-17(13-11-15-7-3-1-4-8-15)14-12-16-9-5-2-6-10-16;/h13-28,31-32H,1-12H3;2*1-14H;/q-2;;;+2. The number of carbonyl (C=O) groups is 2. The number of hydrogen-bond donors (Lipinski definition) is 0. The summed E-state index contributed by atoms with van der Waals surface area (Å²) in [5.41, 5.74) is 9.42. The van der Waals surface area contributed by atoms with E-state index in [4.69, 9.17) is 9.05 Å². The molecule has 0 fully saturated rings. The molecule has 0 saturated carbocycles. The van der Waals surface area contributed by atoms with E-state index < -0.39 is 16.9 Å². The van der Waals surface area contributed by atoms with Crippen LogP contribution in [0.25, 0.3) is 11.1 Å². The molecule has 0 aliphatic heterocycles. The van der Waals surface area contributed by atoms with Gasteiger partial charge >= 0.3 is 37.3 Å². The van der Waals surface area contributed by atoms with E-state index in [0.717, 1.165) is 67.1 Å². The monoisotopic (exact) mass is 1310 g/mol. The van der Waals surface area contributed by atoms with Crippen molar-refractivity contribution in [2.45, 2.75) is 105 Å². The van der Waals surface area contributed by atoms with E-state index in [-0.39, 0.29) is 53.6 Å². The van der Waals surface area contributed by atoms with Gasteiger partial charge in [0.25, 0.3) is 0 Å². The molecule has 4 heterocycles. The molecule has 0 bridgehead atoms. The van der Waals surface area contributed by atoms with Gasteiger partial charge in [0.1, 0.15) is 11.6 Å². The maximum Gasteiger partial charge on any atom is 2.00 e. The van der Waals surface area contributed by atoms with E-state index in [1.54, 1.807) is 25.7 Å². The number of rotatable bonds is 21. The Morgan fingerprint density at radius 3 is 0.775 bits per heavy atom. The number of hydrogen-bond acceptors (Lipinski definition) is 4. The van der Waals surface area contributed by atoms with E-state index in [9.17, 15) is 9.59 Å². The van der Waals surface area contributed by atoms with Gasteiger partial charge in [-0.05, 0) is 92.4 Å². The topological polar surface area (TPSA) is 72.3 Å². The van der Waals surface area contributed by atoms with Crippen molar-refractivity contribution in [1.29, 1.82) is 0 Å². The summed E-state index contributed by atoms with van der Waals surface area (Å²) in [4.78, 5) is 23.2. The summed E-state index contributed by atoms with van der Waals surface area (Å²) in [6.07, 6.45) is 30.2. The maximum absolute atomic E-state index is 11.6. The molecule has 0 aliphatic carbocycles. The van der Waals surface area contributed by atoms with Crippen molar-refractivity contribution in [3.63, 3.8) is 0 Å². The molecule has 0 N–H and O–H groups in total. The van der Waals surface area contributed by atoms with Crippen LogP contribution in [-0.4, -0.2) is 28.9 Å². The minimum Gasteiger partial charge on any atom is -0.494 e. The zero-order valence-electron chi connectivity index (χ0n) is 53.2. The molecule has 458 valence electrons. The molecule has 0 spiro atoms. The summed E-state index contributed by atoms with van der Waals surface area (Å²) in [6, 6.07) is 68.1. The molecule has 11 heteroatoms.